The number of carbonyl (C=O) groups is 1. The van der Waals surface area contributed by atoms with Crippen LogP contribution in [0.4, 0.5) is 10.1 Å². The average molecular weight is 238 g/mol. The molecule has 0 saturated carbocycles. The Hall–Kier alpha value is -1.62. The summed E-state index contributed by atoms with van der Waals surface area (Å²) in [5.74, 6) is -0.533. The first-order valence-corrected chi connectivity index (χ1v) is 5.57. The number of halogens is 1. The van der Waals surface area contributed by atoms with Gasteiger partial charge in [0.05, 0.1) is 18.3 Å². The van der Waals surface area contributed by atoms with E-state index in [4.69, 9.17) is 0 Å². The molecule has 1 unspecified atom stereocenters. The zero-order valence-corrected chi connectivity index (χ0v) is 9.61. The molecule has 1 aliphatic rings. The van der Waals surface area contributed by atoms with Gasteiger partial charge in [-0.3, -0.25) is 4.79 Å². The Bertz CT molecular complexity index is 435. The van der Waals surface area contributed by atoms with Crippen LogP contribution in [0.15, 0.2) is 18.2 Å². The van der Waals surface area contributed by atoms with Crippen molar-refractivity contribution in [1.82, 2.24) is 5.32 Å². The van der Waals surface area contributed by atoms with Crippen LogP contribution in [0.3, 0.4) is 0 Å². The third-order valence-electron chi connectivity index (χ3n) is 2.82. The van der Waals surface area contributed by atoms with Gasteiger partial charge in [-0.2, -0.15) is 0 Å². The summed E-state index contributed by atoms with van der Waals surface area (Å²) in [6, 6.07) is 4.58. The lowest BCUT2D eigenvalue weighted by Crippen LogP contribution is -2.48. The summed E-state index contributed by atoms with van der Waals surface area (Å²) >= 11 is 0. The van der Waals surface area contributed by atoms with Crippen molar-refractivity contribution in [3.8, 4) is 0 Å². The third-order valence-corrected chi connectivity index (χ3v) is 2.82. The van der Waals surface area contributed by atoms with Crippen molar-refractivity contribution in [2.75, 3.05) is 24.5 Å². The minimum atomic E-state index is -0.759. The Morgan fingerprint density at radius 3 is 2.94 bits per heavy atom. The summed E-state index contributed by atoms with van der Waals surface area (Å²) in [5, 5.41) is 12.3. The number of carbonyl (C=O) groups excluding carboxylic acids is 1. The Labute approximate surface area is 99.0 Å². The van der Waals surface area contributed by atoms with Crippen molar-refractivity contribution < 1.29 is 14.3 Å². The molecule has 1 atom stereocenters. The molecule has 4 nitrogen and oxygen atoms in total. The highest BCUT2D eigenvalue weighted by Crippen LogP contribution is 2.29. The number of hydrogen-bond acceptors (Lipinski definition) is 3. The number of aliphatic hydroxyl groups excluding tert-OH is 1. The number of aliphatic hydroxyl groups is 1. The van der Waals surface area contributed by atoms with Crippen molar-refractivity contribution in [2.24, 2.45) is 0 Å². The van der Waals surface area contributed by atoms with E-state index < -0.39 is 11.9 Å². The van der Waals surface area contributed by atoms with Crippen LogP contribution < -0.4 is 10.2 Å². The monoisotopic (exact) mass is 238 g/mol. The van der Waals surface area contributed by atoms with Gasteiger partial charge in [-0.25, -0.2) is 4.39 Å². The van der Waals surface area contributed by atoms with Crippen molar-refractivity contribution in [1.29, 1.82) is 0 Å². The second-order valence-corrected chi connectivity index (χ2v) is 4.13. The van der Waals surface area contributed by atoms with Crippen LogP contribution in [0, 0.1) is 5.82 Å². The van der Waals surface area contributed by atoms with Crippen molar-refractivity contribution in [3.05, 3.63) is 29.6 Å². The summed E-state index contributed by atoms with van der Waals surface area (Å²) < 4.78 is 13.8. The number of benzene rings is 1. The minimum absolute atomic E-state index is 0.126. The van der Waals surface area contributed by atoms with Crippen LogP contribution >= 0.6 is 0 Å². The molecule has 1 aliphatic heterocycles. The minimum Gasteiger partial charge on any atom is -0.389 e. The lowest BCUT2D eigenvalue weighted by Gasteiger charge is -2.31. The first-order chi connectivity index (χ1) is 8.09. The van der Waals surface area contributed by atoms with E-state index in [2.05, 4.69) is 5.32 Å². The lowest BCUT2D eigenvalue weighted by atomic mass is 10.1. The maximum Gasteiger partial charge on any atom is 0.239 e. The van der Waals surface area contributed by atoms with Crippen molar-refractivity contribution >= 4 is 11.6 Å². The fourth-order valence-electron chi connectivity index (χ4n) is 2.03. The molecule has 1 fully saturated rings. The summed E-state index contributed by atoms with van der Waals surface area (Å²) in [6.45, 7) is 2.75. The van der Waals surface area contributed by atoms with Gasteiger partial charge in [-0.15, -0.1) is 0 Å². The zero-order valence-electron chi connectivity index (χ0n) is 9.61. The van der Waals surface area contributed by atoms with Crippen LogP contribution in [0.2, 0.25) is 0 Å². The summed E-state index contributed by atoms with van der Waals surface area (Å²) in [5.41, 5.74) is 0.844. The number of amides is 1. The molecule has 1 amide bonds. The number of nitrogens with zero attached hydrogens (tertiary/aromatic N) is 1. The number of piperazine rings is 1. The molecule has 2 rings (SSSR count). The predicted octanol–water partition coefficient (Wildman–Crippen LogP) is 0.815. The largest absolute Gasteiger partial charge is 0.389 e. The highest BCUT2D eigenvalue weighted by Gasteiger charge is 2.23. The van der Waals surface area contributed by atoms with Gasteiger partial charge in [0.1, 0.15) is 5.82 Å². The van der Waals surface area contributed by atoms with Gasteiger partial charge in [-0.1, -0.05) is 12.1 Å². The maximum absolute atomic E-state index is 13.8. The molecule has 17 heavy (non-hydrogen) atoms. The van der Waals surface area contributed by atoms with Crippen molar-refractivity contribution in [2.45, 2.75) is 13.0 Å². The Balaban J connectivity index is 2.39. The quantitative estimate of drug-likeness (QED) is 0.802. The Morgan fingerprint density at radius 1 is 1.53 bits per heavy atom. The Kier molecular flexibility index (Phi) is 3.28. The smallest absolute Gasteiger partial charge is 0.239 e. The first kappa shape index (κ1) is 11.9. The maximum atomic E-state index is 13.8. The van der Waals surface area contributed by atoms with Gasteiger partial charge in [0.25, 0.3) is 0 Å². The van der Waals surface area contributed by atoms with E-state index in [1.807, 2.05) is 0 Å². The first-order valence-electron chi connectivity index (χ1n) is 5.57. The molecule has 1 aromatic carbocycles. The topological polar surface area (TPSA) is 52.6 Å². The molecule has 5 heteroatoms. The van der Waals surface area contributed by atoms with Crippen LogP contribution in [-0.4, -0.2) is 30.6 Å². The summed E-state index contributed by atoms with van der Waals surface area (Å²) in [6.07, 6.45) is -0.759. The van der Waals surface area contributed by atoms with Gasteiger partial charge < -0.3 is 15.3 Å². The number of anilines is 1. The van der Waals surface area contributed by atoms with E-state index in [1.54, 1.807) is 24.0 Å². The highest BCUT2D eigenvalue weighted by molar-refractivity contribution is 5.83. The molecule has 0 aromatic heterocycles. The van der Waals surface area contributed by atoms with E-state index in [0.29, 0.717) is 24.3 Å². The fourth-order valence-corrected chi connectivity index (χ4v) is 2.03. The average Bonchev–Trinajstić information content (AvgIpc) is 2.28. The van der Waals surface area contributed by atoms with E-state index in [9.17, 15) is 14.3 Å². The molecule has 1 heterocycles. The Morgan fingerprint density at radius 2 is 2.29 bits per heavy atom. The highest BCUT2D eigenvalue weighted by atomic mass is 19.1. The predicted molar refractivity (Wildman–Crippen MR) is 62.3 cm³/mol. The lowest BCUT2D eigenvalue weighted by molar-refractivity contribution is -0.120. The number of hydrogen-bond donors (Lipinski definition) is 2. The van der Waals surface area contributed by atoms with Crippen LogP contribution in [0.1, 0.15) is 18.6 Å². The number of rotatable bonds is 2. The molecule has 92 valence electrons. The van der Waals surface area contributed by atoms with Crippen molar-refractivity contribution in [3.63, 3.8) is 0 Å². The molecule has 0 aliphatic carbocycles. The second-order valence-electron chi connectivity index (χ2n) is 4.13. The van der Waals surface area contributed by atoms with Gasteiger partial charge in [0.15, 0.2) is 0 Å². The molecule has 0 radical (unpaired) electrons. The van der Waals surface area contributed by atoms with Gasteiger partial charge in [0, 0.05) is 18.7 Å². The zero-order chi connectivity index (χ0) is 12.4. The molecular weight excluding hydrogens is 223 g/mol. The van der Waals surface area contributed by atoms with Crippen LogP contribution in [-0.2, 0) is 4.79 Å². The van der Waals surface area contributed by atoms with E-state index in [-0.39, 0.29) is 12.5 Å². The van der Waals surface area contributed by atoms with Gasteiger partial charge >= 0.3 is 0 Å². The molecule has 2 N–H and O–H groups in total. The molecule has 1 saturated heterocycles. The number of para-hydroxylation sites is 1. The summed E-state index contributed by atoms with van der Waals surface area (Å²) in [4.78, 5) is 13.0. The van der Waals surface area contributed by atoms with E-state index >= 15 is 0 Å². The molecular formula is C12H15FN2O2. The van der Waals surface area contributed by atoms with Gasteiger partial charge in [-0.05, 0) is 13.0 Å². The van der Waals surface area contributed by atoms with E-state index in [0.717, 1.165) is 0 Å². The van der Waals surface area contributed by atoms with Crippen LogP contribution in [0.25, 0.3) is 0 Å². The second kappa shape index (κ2) is 4.71. The van der Waals surface area contributed by atoms with E-state index in [1.165, 1.54) is 6.07 Å². The molecule has 0 bridgehead atoms. The molecule has 1 aromatic rings. The normalized spacial score (nSPS) is 17.8. The number of nitrogens with one attached hydrogen (secondary N) is 1. The molecule has 0 spiro atoms. The third kappa shape index (κ3) is 2.39. The standard InChI is InChI=1S/C12H15FN2O2/c1-8(16)9-3-2-4-10(13)12(9)15-6-5-14-11(17)7-15/h2-4,8,16H,5-7H2,1H3,(H,14,17). The fraction of sp³-hybridized carbons (Fsp3) is 0.417. The SMILES string of the molecule is CC(O)c1cccc(F)c1N1CCNC(=O)C1. The summed E-state index contributed by atoms with van der Waals surface area (Å²) in [7, 11) is 0. The van der Waals surface area contributed by atoms with Crippen LogP contribution in [0.5, 0.6) is 0 Å². The van der Waals surface area contributed by atoms with Gasteiger partial charge in [0.2, 0.25) is 5.91 Å².